The quantitative estimate of drug-likeness (QED) is 0.580. The number of ketones is 1. The molecule has 0 radical (unpaired) electrons. The summed E-state index contributed by atoms with van der Waals surface area (Å²) in [5.41, 5.74) is 0. The number of carbonyl (C=O) groups is 1. The van der Waals surface area contributed by atoms with Crippen LogP contribution in [0.15, 0.2) is 0 Å². The molecule has 14 heavy (non-hydrogen) atoms. The zero-order valence-electron chi connectivity index (χ0n) is 9.60. The predicted octanol–water partition coefficient (Wildman–Crippen LogP) is 2.09. The van der Waals surface area contributed by atoms with Gasteiger partial charge in [0.15, 0.2) is 0 Å². The summed E-state index contributed by atoms with van der Waals surface area (Å²) in [5.74, 6) is 6.04. The van der Waals surface area contributed by atoms with Gasteiger partial charge in [0.25, 0.3) is 0 Å². The Morgan fingerprint density at radius 3 is 2.36 bits per heavy atom. The first-order chi connectivity index (χ1) is 6.74. The average molecular weight is 195 g/mol. The number of Topliss-reactive ketones (excluding diaryl/α,β-unsaturated/α-hetero) is 1. The molecule has 0 aromatic carbocycles. The van der Waals surface area contributed by atoms with Crippen LogP contribution < -0.4 is 0 Å². The molecule has 0 aromatic rings. The smallest absolute Gasteiger partial charge is 0.135 e. The summed E-state index contributed by atoms with van der Waals surface area (Å²) < 4.78 is 0. The fourth-order valence-corrected chi connectivity index (χ4v) is 1.27. The molecule has 2 heteroatoms. The van der Waals surface area contributed by atoms with Crippen LogP contribution in [0.25, 0.3) is 0 Å². The Morgan fingerprint density at radius 1 is 1.21 bits per heavy atom. The Labute approximate surface area is 87.7 Å². The van der Waals surface area contributed by atoms with Crippen molar-refractivity contribution >= 4 is 5.78 Å². The largest absolute Gasteiger partial charge is 0.303 e. The van der Waals surface area contributed by atoms with Crippen LogP contribution in [0.4, 0.5) is 0 Å². The summed E-state index contributed by atoms with van der Waals surface area (Å²) in [7, 11) is 0. The number of hydrogen-bond donors (Lipinski definition) is 0. The number of rotatable bonds is 7. The zero-order valence-corrected chi connectivity index (χ0v) is 9.60. The van der Waals surface area contributed by atoms with E-state index in [-0.39, 0.29) is 0 Å². The molecule has 0 fully saturated rings. The second-order valence-corrected chi connectivity index (χ2v) is 3.24. The molecule has 0 N–H and O–H groups in total. The van der Waals surface area contributed by atoms with Crippen molar-refractivity contribution in [1.82, 2.24) is 4.90 Å². The van der Waals surface area contributed by atoms with Crippen molar-refractivity contribution in [2.75, 3.05) is 19.6 Å². The van der Waals surface area contributed by atoms with E-state index in [1.807, 2.05) is 0 Å². The van der Waals surface area contributed by atoms with Crippen LogP contribution in [0.1, 0.15) is 40.0 Å². The number of nitrogens with zero attached hydrogens (tertiary/aromatic N) is 1. The Hall–Kier alpha value is -0.810. The highest BCUT2D eigenvalue weighted by molar-refractivity contribution is 5.78. The fraction of sp³-hybridized carbons (Fsp3) is 0.750. The highest BCUT2D eigenvalue weighted by Gasteiger charge is 2.04. The van der Waals surface area contributed by atoms with Gasteiger partial charge in [0, 0.05) is 25.8 Å². The molecule has 0 aliphatic carbocycles. The third-order valence-electron chi connectivity index (χ3n) is 2.31. The molecule has 0 saturated carbocycles. The van der Waals surface area contributed by atoms with Crippen LogP contribution in [0.5, 0.6) is 0 Å². The van der Waals surface area contributed by atoms with Crippen LogP contribution >= 0.6 is 0 Å². The van der Waals surface area contributed by atoms with Crippen molar-refractivity contribution in [3.63, 3.8) is 0 Å². The molecule has 80 valence electrons. The van der Waals surface area contributed by atoms with E-state index in [0.717, 1.165) is 19.6 Å². The molecule has 0 unspecified atom stereocenters. The normalized spacial score (nSPS) is 9.71. The fourth-order valence-electron chi connectivity index (χ4n) is 1.27. The van der Waals surface area contributed by atoms with E-state index in [0.29, 0.717) is 25.0 Å². The van der Waals surface area contributed by atoms with Crippen LogP contribution in [-0.2, 0) is 4.79 Å². The lowest BCUT2D eigenvalue weighted by molar-refractivity contribution is -0.119. The van der Waals surface area contributed by atoms with E-state index in [9.17, 15) is 4.79 Å². The van der Waals surface area contributed by atoms with Gasteiger partial charge < -0.3 is 4.90 Å². The van der Waals surface area contributed by atoms with Crippen LogP contribution in [0.2, 0.25) is 0 Å². The van der Waals surface area contributed by atoms with Gasteiger partial charge in [-0.2, -0.15) is 0 Å². The topological polar surface area (TPSA) is 20.3 Å². The van der Waals surface area contributed by atoms with Gasteiger partial charge in [-0.05, 0) is 20.0 Å². The summed E-state index contributed by atoms with van der Waals surface area (Å²) in [4.78, 5) is 13.6. The van der Waals surface area contributed by atoms with Gasteiger partial charge in [-0.1, -0.05) is 13.8 Å². The Bertz CT molecular complexity index is 208. The predicted molar refractivity (Wildman–Crippen MR) is 60.1 cm³/mol. The van der Waals surface area contributed by atoms with Crippen LogP contribution in [0.3, 0.4) is 0 Å². The minimum Gasteiger partial charge on any atom is -0.303 e. The summed E-state index contributed by atoms with van der Waals surface area (Å²) in [6.45, 7) is 9.00. The van der Waals surface area contributed by atoms with Crippen molar-refractivity contribution in [3.8, 4) is 11.8 Å². The van der Waals surface area contributed by atoms with E-state index in [1.165, 1.54) is 0 Å². The third kappa shape index (κ3) is 6.68. The van der Waals surface area contributed by atoms with E-state index in [1.54, 1.807) is 6.92 Å². The molecule has 0 aliphatic heterocycles. The second kappa shape index (κ2) is 8.77. The molecule has 0 aliphatic rings. The molecule has 0 rings (SSSR count). The van der Waals surface area contributed by atoms with Gasteiger partial charge in [-0.3, -0.25) is 4.79 Å². The summed E-state index contributed by atoms with van der Waals surface area (Å²) in [6.07, 6.45) is 2.00. The number of hydrogen-bond acceptors (Lipinski definition) is 2. The van der Waals surface area contributed by atoms with Crippen molar-refractivity contribution in [1.29, 1.82) is 0 Å². The summed E-state index contributed by atoms with van der Waals surface area (Å²) in [5, 5.41) is 0. The van der Waals surface area contributed by atoms with Crippen molar-refractivity contribution in [3.05, 3.63) is 0 Å². The summed E-state index contributed by atoms with van der Waals surface area (Å²) >= 11 is 0. The zero-order chi connectivity index (χ0) is 10.8. The van der Waals surface area contributed by atoms with Gasteiger partial charge >= 0.3 is 0 Å². The average Bonchev–Trinajstić information content (AvgIpc) is 2.20. The molecule has 2 nitrogen and oxygen atoms in total. The highest BCUT2D eigenvalue weighted by atomic mass is 16.1. The van der Waals surface area contributed by atoms with E-state index < -0.39 is 0 Å². The third-order valence-corrected chi connectivity index (χ3v) is 2.31. The molecule has 0 amide bonds. The molecule has 0 bridgehead atoms. The molecular weight excluding hydrogens is 174 g/mol. The van der Waals surface area contributed by atoms with Gasteiger partial charge in [0.2, 0.25) is 0 Å². The molecule has 0 spiro atoms. The Balaban J connectivity index is 3.55. The molecule has 0 saturated heterocycles. The summed E-state index contributed by atoms with van der Waals surface area (Å²) in [6, 6.07) is 0. The second-order valence-electron chi connectivity index (χ2n) is 3.24. The maximum atomic E-state index is 11.4. The van der Waals surface area contributed by atoms with Crippen LogP contribution in [0, 0.1) is 11.8 Å². The minimum absolute atomic E-state index is 0.333. The Kier molecular flexibility index (Phi) is 8.27. The van der Waals surface area contributed by atoms with Gasteiger partial charge in [-0.15, -0.1) is 11.8 Å². The molecule has 0 atom stereocenters. The lowest BCUT2D eigenvalue weighted by Crippen LogP contribution is -2.25. The minimum atomic E-state index is 0.333. The maximum absolute atomic E-state index is 11.4. The molecule has 0 aromatic heterocycles. The first-order valence-corrected chi connectivity index (χ1v) is 5.38. The van der Waals surface area contributed by atoms with E-state index in [2.05, 4.69) is 30.6 Å². The van der Waals surface area contributed by atoms with Crippen molar-refractivity contribution in [2.24, 2.45) is 0 Å². The number of carbonyl (C=O) groups excluding carboxylic acids is 1. The van der Waals surface area contributed by atoms with Gasteiger partial charge in [-0.25, -0.2) is 0 Å². The van der Waals surface area contributed by atoms with E-state index >= 15 is 0 Å². The standard InChI is InChI=1S/C12H21NO/c1-4-7-8-9-12(14)10-11-13(5-2)6-3/h5-6,8-11H2,1-3H3. The molecule has 0 heterocycles. The maximum Gasteiger partial charge on any atom is 0.135 e. The first-order valence-electron chi connectivity index (χ1n) is 5.38. The SMILES string of the molecule is CC#CCCC(=O)CCN(CC)CC. The first kappa shape index (κ1) is 13.2. The van der Waals surface area contributed by atoms with E-state index in [4.69, 9.17) is 0 Å². The Morgan fingerprint density at radius 2 is 1.86 bits per heavy atom. The highest BCUT2D eigenvalue weighted by Crippen LogP contribution is 1.97. The lowest BCUT2D eigenvalue weighted by Gasteiger charge is -2.16. The van der Waals surface area contributed by atoms with Crippen molar-refractivity contribution < 1.29 is 4.79 Å². The van der Waals surface area contributed by atoms with Gasteiger partial charge in [0.05, 0.1) is 0 Å². The van der Waals surface area contributed by atoms with Crippen LogP contribution in [-0.4, -0.2) is 30.3 Å². The monoisotopic (exact) mass is 195 g/mol. The molecular formula is C12H21NO. The van der Waals surface area contributed by atoms with Crippen molar-refractivity contribution in [2.45, 2.75) is 40.0 Å². The van der Waals surface area contributed by atoms with Gasteiger partial charge in [0.1, 0.15) is 5.78 Å². The lowest BCUT2D eigenvalue weighted by atomic mass is 10.1.